The molecule has 1 atom stereocenters. The molecule has 0 saturated carbocycles. The molecule has 0 aliphatic carbocycles. The van der Waals surface area contributed by atoms with Crippen molar-refractivity contribution >= 4 is 23.5 Å². The fraction of sp³-hybridized carbons (Fsp3) is 0.542. The monoisotopic (exact) mass is 430 g/mol. The summed E-state index contributed by atoms with van der Waals surface area (Å²) in [6, 6.07) is 7.37. The highest BCUT2D eigenvalue weighted by Gasteiger charge is 2.46. The zero-order chi connectivity index (χ0) is 23.1. The van der Waals surface area contributed by atoms with Crippen molar-refractivity contribution in [3.63, 3.8) is 0 Å². The summed E-state index contributed by atoms with van der Waals surface area (Å²) in [5.74, 6) is -0.568. The number of carbonyl (C=O) groups excluding carboxylic acids is 3. The summed E-state index contributed by atoms with van der Waals surface area (Å²) >= 11 is 0. The topological polar surface area (TPSA) is 84.9 Å². The van der Waals surface area contributed by atoms with Gasteiger partial charge in [0, 0.05) is 32.3 Å². The molecule has 1 saturated heterocycles. The van der Waals surface area contributed by atoms with E-state index in [0.29, 0.717) is 38.0 Å². The molecule has 0 radical (unpaired) electrons. The second kappa shape index (κ2) is 10.6. The summed E-state index contributed by atoms with van der Waals surface area (Å²) < 4.78 is 11.0. The maximum atomic E-state index is 12.9. The Hall–Kier alpha value is -2.67. The van der Waals surface area contributed by atoms with E-state index in [0.717, 1.165) is 12.0 Å². The van der Waals surface area contributed by atoms with Crippen LogP contribution in [0.3, 0.4) is 0 Å². The van der Waals surface area contributed by atoms with Gasteiger partial charge in [0.25, 0.3) is 0 Å². The molecule has 7 heteroatoms. The molecule has 1 aliphatic rings. The fourth-order valence-corrected chi connectivity index (χ4v) is 3.71. The molecular formula is C24H34N2O5. The van der Waals surface area contributed by atoms with Crippen LogP contribution < -0.4 is 5.32 Å². The number of rotatable bonds is 8. The van der Waals surface area contributed by atoms with Gasteiger partial charge in [-0.25, -0.2) is 0 Å². The van der Waals surface area contributed by atoms with E-state index >= 15 is 0 Å². The molecule has 1 aromatic rings. The molecule has 0 spiro atoms. The van der Waals surface area contributed by atoms with Crippen molar-refractivity contribution < 1.29 is 23.9 Å². The van der Waals surface area contributed by atoms with Gasteiger partial charge in [0.2, 0.25) is 11.8 Å². The number of ether oxygens (including phenoxy) is 2. The van der Waals surface area contributed by atoms with Crippen LogP contribution in [0.1, 0.15) is 45.6 Å². The number of nitrogens with zero attached hydrogens (tertiary/aromatic N) is 1. The van der Waals surface area contributed by atoms with E-state index in [1.165, 1.54) is 6.08 Å². The Labute approximate surface area is 184 Å². The molecule has 1 aromatic carbocycles. The van der Waals surface area contributed by atoms with Gasteiger partial charge >= 0.3 is 5.97 Å². The van der Waals surface area contributed by atoms with Gasteiger partial charge in [0.1, 0.15) is 11.0 Å². The van der Waals surface area contributed by atoms with E-state index in [2.05, 4.69) is 11.9 Å². The van der Waals surface area contributed by atoms with Crippen LogP contribution in [0.25, 0.3) is 0 Å². The van der Waals surface area contributed by atoms with Crippen molar-refractivity contribution in [3.05, 3.63) is 42.5 Å². The lowest BCUT2D eigenvalue weighted by Crippen LogP contribution is -2.53. The van der Waals surface area contributed by atoms with Gasteiger partial charge in [-0.1, -0.05) is 18.7 Å². The average Bonchev–Trinajstić information content (AvgIpc) is 2.72. The van der Waals surface area contributed by atoms with E-state index in [4.69, 9.17) is 9.47 Å². The molecule has 170 valence electrons. The number of aryl methyl sites for hydroxylation is 1. The summed E-state index contributed by atoms with van der Waals surface area (Å²) in [4.78, 5) is 38.9. The number of nitrogens with one attached hydrogen (secondary N) is 1. The minimum Gasteiger partial charge on any atom is -0.459 e. The zero-order valence-electron chi connectivity index (χ0n) is 19.0. The summed E-state index contributed by atoms with van der Waals surface area (Å²) in [7, 11) is 1.56. The van der Waals surface area contributed by atoms with Gasteiger partial charge in [-0.3, -0.25) is 14.4 Å². The Morgan fingerprint density at radius 1 is 1.23 bits per heavy atom. The van der Waals surface area contributed by atoms with Crippen LogP contribution in [-0.4, -0.2) is 55.1 Å². The molecule has 2 rings (SSSR count). The van der Waals surface area contributed by atoms with Gasteiger partial charge in [-0.15, -0.1) is 0 Å². The number of likely N-dealkylation sites (tertiary alicyclic amines) is 1. The predicted molar refractivity (Wildman–Crippen MR) is 120 cm³/mol. The van der Waals surface area contributed by atoms with E-state index in [9.17, 15) is 14.4 Å². The standard InChI is InChI=1S/C24H34N2O5/c1-6-20(27)25-19-11-8-18(9-12-19)10-13-21(28)26-15-7-14-24(16-26,17-30-5)22(29)31-23(2,3)4/h6,8-9,11-12H,1,7,10,13-17H2,2-5H3,(H,25,27). The van der Waals surface area contributed by atoms with Crippen LogP contribution in [0.5, 0.6) is 0 Å². The number of hydrogen-bond acceptors (Lipinski definition) is 5. The number of carbonyl (C=O) groups is 3. The number of methoxy groups -OCH3 is 1. The highest BCUT2D eigenvalue weighted by atomic mass is 16.6. The van der Waals surface area contributed by atoms with Crippen molar-refractivity contribution in [2.24, 2.45) is 5.41 Å². The molecule has 1 heterocycles. The largest absolute Gasteiger partial charge is 0.459 e. The molecular weight excluding hydrogens is 396 g/mol. The van der Waals surface area contributed by atoms with Gasteiger partial charge in [0.05, 0.1) is 6.61 Å². The van der Waals surface area contributed by atoms with Crippen LogP contribution in [0.4, 0.5) is 5.69 Å². The van der Waals surface area contributed by atoms with Crippen molar-refractivity contribution in [2.45, 2.75) is 52.1 Å². The average molecular weight is 431 g/mol. The number of benzene rings is 1. The number of amides is 2. The van der Waals surface area contributed by atoms with E-state index < -0.39 is 11.0 Å². The first kappa shape index (κ1) is 24.6. The first-order valence-corrected chi connectivity index (χ1v) is 10.6. The lowest BCUT2D eigenvalue weighted by molar-refractivity contribution is -0.176. The smallest absolute Gasteiger partial charge is 0.316 e. The lowest BCUT2D eigenvalue weighted by Gasteiger charge is -2.41. The van der Waals surface area contributed by atoms with Crippen LogP contribution in [0, 0.1) is 5.41 Å². The van der Waals surface area contributed by atoms with Crippen LogP contribution in [0.15, 0.2) is 36.9 Å². The van der Waals surface area contributed by atoms with E-state index in [1.807, 2.05) is 32.9 Å². The summed E-state index contributed by atoms with van der Waals surface area (Å²) in [5, 5.41) is 2.70. The van der Waals surface area contributed by atoms with Gasteiger partial charge in [-0.2, -0.15) is 0 Å². The number of anilines is 1. The Morgan fingerprint density at radius 2 is 1.90 bits per heavy atom. The molecule has 1 N–H and O–H groups in total. The normalized spacial score (nSPS) is 18.9. The SMILES string of the molecule is C=CC(=O)Nc1ccc(CCC(=O)N2CCCC(COC)(C(=O)OC(C)(C)C)C2)cc1. The van der Waals surface area contributed by atoms with Gasteiger partial charge in [-0.05, 0) is 63.8 Å². The fourth-order valence-electron chi connectivity index (χ4n) is 3.71. The maximum Gasteiger partial charge on any atom is 0.316 e. The van der Waals surface area contributed by atoms with Crippen molar-refractivity contribution in [1.82, 2.24) is 4.90 Å². The van der Waals surface area contributed by atoms with Crippen molar-refractivity contribution in [2.75, 3.05) is 32.1 Å². The van der Waals surface area contributed by atoms with Gasteiger partial charge in [0.15, 0.2) is 0 Å². The third kappa shape index (κ3) is 7.21. The number of piperidine rings is 1. The Balaban J connectivity index is 1.98. The first-order chi connectivity index (χ1) is 14.6. The van der Waals surface area contributed by atoms with E-state index in [-0.39, 0.29) is 24.4 Å². The van der Waals surface area contributed by atoms with E-state index in [1.54, 1.807) is 24.1 Å². The molecule has 7 nitrogen and oxygen atoms in total. The highest BCUT2D eigenvalue weighted by molar-refractivity contribution is 5.98. The highest BCUT2D eigenvalue weighted by Crippen LogP contribution is 2.34. The van der Waals surface area contributed by atoms with Gasteiger partial charge < -0.3 is 19.7 Å². The molecule has 0 aromatic heterocycles. The molecule has 1 aliphatic heterocycles. The minimum absolute atomic E-state index is 0.00720. The molecule has 2 amide bonds. The third-order valence-electron chi connectivity index (χ3n) is 5.22. The number of esters is 1. The minimum atomic E-state index is -0.832. The number of hydrogen-bond donors (Lipinski definition) is 1. The van der Waals surface area contributed by atoms with Crippen molar-refractivity contribution in [1.29, 1.82) is 0 Å². The molecule has 31 heavy (non-hydrogen) atoms. The van der Waals surface area contributed by atoms with Crippen LogP contribution in [-0.2, 0) is 30.3 Å². The molecule has 1 unspecified atom stereocenters. The first-order valence-electron chi connectivity index (χ1n) is 10.6. The van der Waals surface area contributed by atoms with Crippen LogP contribution >= 0.6 is 0 Å². The Morgan fingerprint density at radius 3 is 2.48 bits per heavy atom. The van der Waals surface area contributed by atoms with Crippen LogP contribution in [0.2, 0.25) is 0 Å². The molecule has 1 fully saturated rings. The summed E-state index contributed by atoms with van der Waals surface area (Å²) in [6.07, 6.45) is 3.50. The maximum absolute atomic E-state index is 12.9. The lowest BCUT2D eigenvalue weighted by atomic mass is 9.80. The second-order valence-electron chi connectivity index (χ2n) is 9.02. The Kier molecular flexibility index (Phi) is 8.39. The Bertz CT molecular complexity index is 793. The predicted octanol–water partition coefficient (Wildman–Crippen LogP) is 3.34. The molecule has 0 bridgehead atoms. The quantitative estimate of drug-likeness (QED) is 0.505. The third-order valence-corrected chi connectivity index (χ3v) is 5.22. The second-order valence-corrected chi connectivity index (χ2v) is 9.02. The summed E-state index contributed by atoms with van der Waals surface area (Å²) in [5.41, 5.74) is 0.248. The summed E-state index contributed by atoms with van der Waals surface area (Å²) in [6.45, 7) is 10.1. The van der Waals surface area contributed by atoms with Crippen molar-refractivity contribution in [3.8, 4) is 0 Å². The zero-order valence-corrected chi connectivity index (χ0v) is 19.0.